The third kappa shape index (κ3) is 4.87. The number of carbonyl (C=O) groups excluding carboxylic acids is 2. The van der Waals surface area contributed by atoms with E-state index >= 15 is 0 Å². The number of benzene rings is 1. The van der Waals surface area contributed by atoms with Gasteiger partial charge >= 0.3 is 12.1 Å². The van der Waals surface area contributed by atoms with Crippen LogP contribution >= 0.6 is 0 Å². The molecule has 1 aromatic carbocycles. The van der Waals surface area contributed by atoms with Crippen LogP contribution in [0, 0.1) is 11.6 Å². The van der Waals surface area contributed by atoms with Gasteiger partial charge in [0.05, 0.1) is 0 Å². The molecule has 3 aliphatic rings. The summed E-state index contributed by atoms with van der Waals surface area (Å²) < 4.78 is 32.5. The van der Waals surface area contributed by atoms with Crippen LogP contribution < -0.4 is 5.32 Å². The average molecular weight is 485 g/mol. The molecule has 2 aromatic rings. The molecular formula is C26H30F2N4O3. The number of pyridine rings is 1. The molecule has 0 bridgehead atoms. The van der Waals surface area contributed by atoms with Crippen LogP contribution in [0.25, 0.3) is 0 Å². The molecule has 3 amide bonds. The predicted molar refractivity (Wildman–Crippen MR) is 125 cm³/mol. The second-order valence-electron chi connectivity index (χ2n) is 9.77. The summed E-state index contributed by atoms with van der Waals surface area (Å²) in [6, 6.07) is 8.45. The van der Waals surface area contributed by atoms with E-state index < -0.39 is 35.9 Å². The maximum Gasteiger partial charge on any atom is 0.419 e. The van der Waals surface area contributed by atoms with Gasteiger partial charge in [-0.15, -0.1) is 0 Å². The van der Waals surface area contributed by atoms with Crippen LogP contribution in [0.4, 0.5) is 18.4 Å². The van der Waals surface area contributed by atoms with E-state index in [-0.39, 0.29) is 6.04 Å². The van der Waals surface area contributed by atoms with Gasteiger partial charge in [0.2, 0.25) is 0 Å². The maximum absolute atomic E-state index is 13.8. The molecule has 1 saturated carbocycles. The molecule has 9 heteroatoms. The summed E-state index contributed by atoms with van der Waals surface area (Å²) in [4.78, 5) is 33.5. The Hall–Kier alpha value is -3.07. The number of rotatable bonds is 4. The molecule has 1 aromatic heterocycles. The monoisotopic (exact) mass is 484 g/mol. The molecule has 1 N–H and O–H groups in total. The van der Waals surface area contributed by atoms with Crippen molar-refractivity contribution in [3.05, 3.63) is 65.5 Å². The number of ether oxygens (including phenoxy) is 1. The van der Waals surface area contributed by atoms with E-state index in [4.69, 9.17) is 4.74 Å². The Morgan fingerprint density at radius 1 is 1.09 bits per heavy atom. The molecule has 2 saturated heterocycles. The van der Waals surface area contributed by atoms with Gasteiger partial charge in [-0.25, -0.2) is 23.3 Å². The van der Waals surface area contributed by atoms with E-state index in [0.717, 1.165) is 62.2 Å². The number of nitrogens with zero attached hydrogens (tertiary/aromatic N) is 3. The zero-order valence-corrected chi connectivity index (χ0v) is 19.7. The molecule has 2 aliphatic heterocycles. The SMILES string of the molecule is C[C@@H]1OC(=O)N(C(=O)N[C@@H]2CCN(C3CCC(c4ccccn4)CC3)C2)[C@H]1c1ccc(F)c(F)c1. The minimum Gasteiger partial charge on any atom is -0.443 e. The van der Waals surface area contributed by atoms with Crippen molar-refractivity contribution < 1.29 is 23.1 Å². The third-order valence-electron chi connectivity index (χ3n) is 7.58. The number of amides is 3. The minimum atomic E-state index is -1.03. The normalized spacial score (nSPS) is 29.3. The van der Waals surface area contributed by atoms with Gasteiger partial charge in [-0.05, 0) is 68.9 Å². The second kappa shape index (κ2) is 9.89. The van der Waals surface area contributed by atoms with Gasteiger partial charge < -0.3 is 10.1 Å². The summed E-state index contributed by atoms with van der Waals surface area (Å²) in [6.45, 7) is 3.24. The minimum absolute atomic E-state index is 0.0923. The number of likely N-dealkylation sites (tertiary alicyclic amines) is 1. The molecule has 1 aliphatic carbocycles. The summed E-state index contributed by atoms with van der Waals surface area (Å²) >= 11 is 0. The number of carbonyl (C=O) groups is 2. The number of urea groups is 1. The van der Waals surface area contributed by atoms with Crippen molar-refractivity contribution in [2.24, 2.45) is 0 Å². The first kappa shape index (κ1) is 23.7. The van der Waals surface area contributed by atoms with Gasteiger partial charge in [-0.3, -0.25) is 9.88 Å². The molecule has 5 rings (SSSR count). The molecule has 0 unspecified atom stereocenters. The van der Waals surface area contributed by atoms with Crippen molar-refractivity contribution in [3.8, 4) is 0 Å². The van der Waals surface area contributed by atoms with Gasteiger partial charge in [0.15, 0.2) is 11.6 Å². The van der Waals surface area contributed by atoms with E-state index in [1.54, 1.807) is 6.92 Å². The summed E-state index contributed by atoms with van der Waals surface area (Å²) in [5, 5.41) is 2.97. The molecule has 3 fully saturated rings. The molecule has 3 atom stereocenters. The van der Waals surface area contributed by atoms with Crippen LogP contribution in [0.1, 0.15) is 62.2 Å². The Labute approximate surface area is 203 Å². The second-order valence-corrected chi connectivity index (χ2v) is 9.77. The topological polar surface area (TPSA) is 74.8 Å². The Morgan fingerprint density at radius 3 is 2.60 bits per heavy atom. The molecular weight excluding hydrogens is 454 g/mol. The van der Waals surface area contributed by atoms with Crippen molar-refractivity contribution in [2.75, 3.05) is 13.1 Å². The smallest absolute Gasteiger partial charge is 0.419 e. The number of imide groups is 1. The molecule has 7 nitrogen and oxygen atoms in total. The van der Waals surface area contributed by atoms with Crippen LogP contribution in [0.3, 0.4) is 0 Å². The fraction of sp³-hybridized carbons (Fsp3) is 0.500. The summed E-state index contributed by atoms with van der Waals surface area (Å²) in [5.74, 6) is -1.51. The zero-order chi connectivity index (χ0) is 24.5. The van der Waals surface area contributed by atoms with Crippen LogP contribution in [0.2, 0.25) is 0 Å². The number of hydrogen-bond donors (Lipinski definition) is 1. The lowest BCUT2D eigenvalue weighted by Gasteiger charge is -2.34. The standard InChI is InChI=1S/C26H30F2N4O3/c1-16-24(18-7-10-21(27)22(28)14-18)32(26(34)35-16)25(33)30-19-11-13-31(15-19)20-8-5-17(6-9-20)23-4-2-3-12-29-23/h2-4,7,10,12,14,16-17,19-20,24H,5-6,8-9,11,13,15H2,1H3,(H,30,33)/t16-,17?,19+,20?,24+/m0/s1. The lowest BCUT2D eigenvalue weighted by atomic mass is 9.83. The first-order chi connectivity index (χ1) is 16.9. The van der Waals surface area contributed by atoms with Crippen LogP contribution in [-0.4, -0.2) is 58.2 Å². The number of hydrogen-bond acceptors (Lipinski definition) is 5. The number of nitrogens with one attached hydrogen (secondary N) is 1. The Kier molecular flexibility index (Phi) is 6.69. The molecule has 186 valence electrons. The Bertz CT molecular complexity index is 1080. The molecule has 0 radical (unpaired) electrons. The lowest BCUT2D eigenvalue weighted by Crippen LogP contribution is -2.48. The van der Waals surface area contributed by atoms with E-state index in [2.05, 4.69) is 21.3 Å². The first-order valence-electron chi connectivity index (χ1n) is 12.3. The van der Waals surface area contributed by atoms with Crippen molar-refractivity contribution in [2.45, 2.75) is 69.2 Å². The molecule has 0 spiro atoms. The van der Waals surface area contributed by atoms with Gasteiger partial charge in [-0.1, -0.05) is 12.1 Å². The van der Waals surface area contributed by atoms with Crippen molar-refractivity contribution in [1.29, 1.82) is 0 Å². The molecule has 3 heterocycles. The highest BCUT2D eigenvalue weighted by Crippen LogP contribution is 2.36. The predicted octanol–water partition coefficient (Wildman–Crippen LogP) is 4.75. The largest absolute Gasteiger partial charge is 0.443 e. The van der Waals surface area contributed by atoms with Gasteiger partial charge in [0.1, 0.15) is 12.1 Å². The van der Waals surface area contributed by atoms with Crippen LogP contribution in [-0.2, 0) is 4.74 Å². The number of halogens is 2. The van der Waals surface area contributed by atoms with Crippen LogP contribution in [0.15, 0.2) is 42.6 Å². The summed E-state index contributed by atoms with van der Waals surface area (Å²) in [7, 11) is 0. The fourth-order valence-electron chi connectivity index (χ4n) is 5.76. The highest BCUT2D eigenvalue weighted by Gasteiger charge is 2.45. The highest BCUT2D eigenvalue weighted by atomic mass is 19.2. The zero-order valence-electron chi connectivity index (χ0n) is 19.7. The Morgan fingerprint density at radius 2 is 1.89 bits per heavy atom. The van der Waals surface area contributed by atoms with E-state index in [9.17, 15) is 18.4 Å². The van der Waals surface area contributed by atoms with Crippen molar-refractivity contribution >= 4 is 12.1 Å². The molecule has 35 heavy (non-hydrogen) atoms. The lowest BCUT2D eigenvalue weighted by molar-refractivity contribution is 0.137. The number of cyclic esters (lactones) is 1. The maximum atomic E-state index is 13.8. The fourth-order valence-corrected chi connectivity index (χ4v) is 5.76. The highest BCUT2D eigenvalue weighted by molar-refractivity contribution is 5.93. The number of aromatic nitrogens is 1. The van der Waals surface area contributed by atoms with E-state index in [0.29, 0.717) is 17.5 Å². The van der Waals surface area contributed by atoms with Crippen molar-refractivity contribution in [3.63, 3.8) is 0 Å². The third-order valence-corrected chi connectivity index (χ3v) is 7.58. The summed E-state index contributed by atoms with van der Waals surface area (Å²) in [6.07, 6.45) is 5.57. The van der Waals surface area contributed by atoms with Gasteiger partial charge in [0, 0.05) is 43.0 Å². The summed E-state index contributed by atoms with van der Waals surface area (Å²) in [5.41, 5.74) is 1.48. The van der Waals surface area contributed by atoms with E-state index in [1.165, 1.54) is 11.8 Å². The first-order valence-corrected chi connectivity index (χ1v) is 12.3. The van der Waals surface area contributed by atoms with E-state index in [1.807, 2.05) is 18.3 Å². The van der Waals surface area contributed by atoms with Gasteiger partial charge in [0.25, 0.3) is 0 Å². The Balaban J connectivity index is 1.18. The van der Waals surface area contributed by atoms with Crippen LogP contribution in [0.5, 0.6) is 0 Å². The quantitative estimate of drug-likeness (QED) is 0.678. The van der Waals surface area contributed by atoms with Crippen molar-refractivity contribution in [1.82, 2.24) is 20.1 Å². The average Bonchev–Trinajstić information content (AvgIpc) is 3.44. The van der Waals surface area contributed by atoms with Gasteiger partial charge in [-0.2, -0.15) is 0 Å².